The Bertz CT molecular complexity index is 540. The number of nitrogens with one attached hydrogen (secondary N) is 1. The standard InChI is InChI=1S/C9H4Br2N2O3/c10-4-1-3-6(2-5(4)11)12-9(15)8(14)7(3)13-16/h1-2,16H,(H,12,15)/b13-7-. The number of benzene rings is 1. The topological polar surface area (TPSA) is 78.8 Å². The fourth-order valence-electron chi connectivity index (χ4n) is 1.35. The molecular weight excluding hydrogens is 344 g/mol. The number of hydrogen-bond acceptors (Lipinski definition) is 4. The number of rotatable bonds is 0. The summed E-state index contributed by atoms with van der Waals surface area (Å²) >= 11 is 6.52. The van der Waals surface area contributed by atoms with Crippen LogP contribution in [0.5, 0.6) is 0 Å². The van der Waals surface area contributed by atoms with Gasteiger partial charge in [0.1, 0.15) is 0 Å². The SMILES string of the molecule is O=C1Nc2cc(Br)c(Br)cc2/C(=N/O)C1=O. The maximum absolute atomic E-state index is 11.4. The summed E-state index contributed by atoms with van der Waals surface area (Å²) in [6, 6.07) is 3.21. The molecule has 0 unspecified atom stereocenters. The average molecular weight is 348 g/mol. The second kappa shape index (κ2) is 3.99. The van der Waals surface area contributed by atoms with Crippen LogP contribution in [0.2, 0.25) is 0 Å². The predicted octanol–water partition coefficient (Wildman–Crippen LogP) is 1.91. The maximum atomic E-state index is 11.4. The van der Waals surface area contributed by atoms with Gasteiger partial charge in [-0.15, -0.1) is 0 Å². The van der Waals surface area contributed by atoms with E-state index in [1.54, 1.807) is 12.1 Å². The third-order valence-electron chi connectivity index (χ3n) is 2.09. The number of fused-ring (bicyclic) bond motifs is 1. The normalized spacial score (nSPS) is 17.2. The molecule has 16 heavy (non-hydrogen) atoms. The smallest absolute Gasteiger partial charge is 0.298 e. The highest BCUT2D eigenvalue weighted by Crippen LogP contribution is 2.32. The fourth-order valence-corrected chi connectivity index (χ4v) is 2.04. The third kappa shape index (κ3) is 1.65. The molecule has 0 saturated heterocycles. The number of anilines is 1. The van der Waals surface area contributed by atoms with E-state index in [2.05, 4.69) is 42.3 Å². The Morgan fingerprint density at radius 1 is 1.19 bits per heavy atom. The van der Waals surface area contributed by atoms with E-state index < -0.39 is 11.7 Å². The molecule has 0 atom stereocenters. The highest BCUT2D eigenvalue weighted by molar-refractivity contribution is 9.13. The number of oxime groups is 1. The lowest BCUT2D eigenvalue weighted by atomic mass is 10.00. The molecule has 1 aromatic carbocycles. The number of halogens is 2. The van der Waals surface area contributed by atoms with Crippen molar-refractivity contribution in [2.24, 2.45) is 5.16 Å². The summed E-state index contributed by atoms with van der Waals surface area (Å²) in [6.45, 7) is 0. The van der Waals surface area contributed by atoms with Crippen molar-refractivity contribution in [2.75, 3.05) is 5.32 Å². The number of carbonyl (C=O) groups is 2. The van der Waals surface area contributed by atoms with E-state index in [1.165, 1.54) is 0 Å². The van der Waals surface area contributed by atoms with Gasteiger partial charge in [0.25, 0.3) is 11.7 Å². The molecule has 1 aliphatic heterocycles. The summed E-state index contributed by atoms with van der Waals surface area (Å²) in [7, 11) is 0. The molecule has 82 valence electrons. The second-order valence-corrected chi connectivity index (χ2v) is 4.75. The van der Waals surface area contributed by atoms with Crippen LogP contribution in [-0.2, 0) is 9.59 Å². The van der Waals surface area contributed by atoms with Gasteiger partial charge in [-0.1, -0.05) is 5.16 Å². The zero-order chi connectivity index (χ0) is 11.9. The molecule has 1 aliphatic rings. The van der Waals surface area contributed by atoms with Gasteiger partial charge in [-0.3, -0.25) is 9.59 Å². The first-order chi connectivity index (χ1) is 7.54. The van der Waals surface area contributed by atoms with Gasteiger partial charge in [0.05, 0.1) is 5.69 Å². The fraction of sp³-hybridized carbons (Fsp3) is 0. The Morgan fingerprint density at radius 3 is 2.44 bits per heavy atom. The molecule has 0 aromatic heterocycles. The first-order valence-corrected chi connectivity index (χ1v) is 5.70. The lowest BCUT2D eigenvalue weighted by molar-refractivity contribution is -0.131. The average Bonchev–Trinajstić information content (AvgIpc) is 2.24. The molecule has 0 fully saturated rings. The molecule has 2 rings (SSSR count). The summed E-state index contributed by atoms with van der Waals surface area (Å²) < 4.78 is 1.41. The largest absolute Gasteiger partial charge is 0.410 e. The minimum atomic E-state index is -0.857. The van der Waals surface area contributed by atoms with E-state index >= 15 is 0 Å². The number of hydrogen-bond donors (Lipinski definition) is 2. The number of ketones is 1. The lowest BCUT2D eigenvalue weighted by Crippen LogP contribution is -2.36. The van der Waals surface area contributed by atoms with Crippen molar-refractivity contribution in [1.29, 1.82) is 0 Å². The van der Waals surface area contributed by atoms with E-state index in [0.29, 0.717) is 15.7 Å². The Balaban J connectivity index is 2.70. The Hall–Kier alpha value is -1.21. The van der Waals surface area contributed by atoms with Crippen LogP contribution < -0.4 is 5.32 Å². The van der Waals surface area contributed by atoms with Crippen LogP contribution in [0.1, 0.15) is 5.56 Å². The Labute approximate surface area is 107 Å². The van der Waals surface area contributed by atoms with Gasteiger partial charge < -0.3 is 10.5 Å². The van der Waals surface area contributed by atoms with Crippen LogP contribution in [-0.4, -0.2) is 22.6 Å². The van der Waals surface area contributed by atoms with Gasteiger partial charge in [-0.05, 0) is 44.0 Å². The lowest BCUT2D eigenvalue weighted by Gasteiger charge is -2.17. The van der Waals surface area contributed by atoms with Crippen LogP contribution in [0, 0.1) is 0 Å². The molecule has 7 heteroatoms. The molecule has 5 nitrogen and oxygen atoms in total. The molecule has 1 amide bonds. The highest BCUT2D eigenvalue weighted by Gasteiger charge is 2.31. The summed E-state index contributed by atoms with van der Waals surface area (Å²) in [5.41, 5.74) is 0.543. The van der Waals surface area contributed by atoms with Crippen molar-refractivity contribution >= 4 is 54.9 Å². The number of nitrogens with zero attached hydrogens (tertiary/aromatic N) is 1. The predicted molar refractivity (Wildman–Crippen MR) is 63.8 cm³/mol. The Morgan fingerprint density at radius 2 is 1.81 bits per heavy atom. The van der Waals surface area contributed by atoms with Gasteiger partial charge in [0.2, 0.25) is 0 Å². The molecule has 1 heterocycles. The minimum absolute atomic E-state index is 0.257. The van der Waals surface area contributed by atoms with Crippen LogP contribution >= 0.6 is 31.9 Å². The maximum Gasteiger partial charge on any atom is 0.298 e. The van der Waals surface area contributed by atoms with Crippen LogP contribution in [0.3, 0.4) is 0 Å². The van der Waals surface area contributed by atoms with Gasteiger partial charge in [-0.2, -0.15) is 0 Å². The molecule has 0 aliphatic carbocycles. The van der Waals surface area contributed by atoms with Crippen molar-refractivity contribution < 1.29 is 14.8 Å². The minimum Gasteiger partial charge on any atom is -0.410 e. The Kier molecular flexibility index (Phi) is 2.81. The second-order valence-electron chi connectivity index (χ2n) is 3.04. The molecule has 0 bridgehead atoms. The first-order valence-electron chi connectivity index (χ1n) is 4.11. The molecule has 1 aromatic rings. The van der Waals surface area contributed by atoms with E-state index in [9.17, 15) is 9.59 Å². The van der Waals surface area contributed by atoms with Crippen LogP contribution in [0.15, 0.2) is 26.2 Å². The van der Waals surface area contributed by atoms with E-state index in [-0.39, 0.29) is 5.71 Å². The van der Waals surface area contributed by atoms with Gasteiger partial charge in [-0.25, -0.2) is 0 Å². The van der Waals surface area contributed by atoms with Gasteiger partial charge in [0.15, 0.2) is 5.71 Å². The highest BCUT2D eigenvalue weighted by atomic mass is 79.9. The molecule has 0 radical (unpaired) electrons. The molecular formula is C9H4Br2N2O3. The molecule has 0 saturated carbocycles. The van der Waals surface area contributed by atoms with E-state index in [1.807, 2.05) is 0 Å². The third-order valence-corrected chi connectivity index (χ3v) is 3.93. The van der Waals surface area contributed by atoms with Crippen molar-refractivity contribution in [1.82, 2.24) is 0 Å². The van der Waals surface area contributed by atoms with Crippen LogP contribution in [0.25, 0.3) is 0 Å². The zero-order valence-corrected chi connectivity index (χ0v) is 10.8. The van der Waals surface area contributed by atoms with Crippen molar-refractivity contribution in [2.45, 2.75) is 0 Å². The monoisotopic (exact) mass is 346 g/mol. The van der Waals surface area contributed by atoms with E-state index in [0.717, 1.165) is 4.47 Å². The van der Waals surface area contributed by atoms with E-state index in [4.69, 9.17) is 5.21 Å². The quantitative estimate of drug-likeness (QED) is 0.427. The molecule has 0 spiro atoms. The van der Waals surface area contributed by atoms with Crippen molar-refractivity contribution in [3.05, 3.63) is 26.6 Å². The summed E-state index contributed by atoms with van der Waals surface area (Å²) in [4.78, 5) is 22.6. The van der Waals surface area contributed by atoms with Gasteiger partial charge in [0, 0.05) is 14.5 Å². The molecule has 2 N–H and O–H groups in total. The van der Waals surface area contributed by atoms with Gasteiger partial charge >= 0.3 is 0 Å². The van der Waals surface area contributed by atoms with Crippen molar-refractivity contribution in [3.8, 4) is 0 Å². The number of Topliss-reactive ketones (excluding diaryl/α,β-unsaturated/α-hetero) is 1. The van der Waals surface area contributed by atoms with Crippen molar-refractivity contribution in [3.63, 3.8) is 0 Å². The summed E-state index contributed by atoms with van der Waals surface area (Å²) in [6.07, 6.45) is 0. The zero-order valence-electron chi connectivity index (χ0n) is 7.62. The number of carbonyl (C=O) groups excluding carboxylic acids is 2. The number of amides is 1. The first kappa shape index (κ1) is 11.3. The van der Waals surface area contributed by atoms with Crippen LogP contribution in [0.4, 0.5) is 5.69 Å². The summed E-state index contributed by atoms with van der Waals surface area (Å²) in [5, 5.41) is 14.0. The summed E-state index contributed by atoms with van der Waals surface area (Å²) in [5.74, 6) is -1.67.